The largest absolute Gasteiger partial charge is 0.489 e. The van der Waals surface area contributed by atoms with Crippen molar-refractivity contribution in [3.8, 4) is 17.4 Å². The van der Waals surface area contributed by atoms with Gasteiger partial charge in [-0.2, -0.15) is 0 Å². The van der Waals surface area contributed by atoms with Gasteiger partial charge in [-0.05, 0) is 75.8 Å². The van der Waals surface area contributed by atoms with E-state index in [0.29, 0.717) is 89.0 Å². The van der Waals surface area contributed by atoms with Gasteiger partial charge in [0.25, 0.3) is 11.8 Å². The number of rotatable bonds is 8. The third-order valence-electron chi connectivity index (χ3n) is 9.68. The number of amides is 2. The van der Waals surface area contributed by atoms with E-state index >= 15 is 4.79 Å². The Morgan fingerprint density at radius 3 is 2.67 bits per heavy atom. The van der Waals surface area contributed by atoms with E-state index in [4.69, 9.17) is 18.9 Å². The monoisotopic (exact) mass is 688 g/mol. The van der Waals surface area contributed by atoms with Crippen molar-refractivity contribution in [1.82, 2.24) is 14.8 Å². The third-order valence-corrected chi connectivity index (χ3v) is 10.5. The van der Waals surface area contributed by atoms with Gasteiger partial charge >= 0.3 is 0 Å². The number of nitrogens with zero attached hydrogens (tertiary/aromatic N) is 4. The zero-order chi connectivity index (χ0) is 34.2. The van der Waals surface area contributed by atoms with E-state index < -0.39 is 11.6 Å². The second kappa shape index (κ2) is 16.1. The molecule has 0 N–H and O–H groups in total. The lowest BCUT2D eigenvalue weighted by atomic mass is 9.80. The van der Waals surface area contributed by atoms with Crippen molar-refractivity contribution >= 4 is 28.8 Å². The Morgan fingerprint density at radius 2 is 1.88 bits per heavy atom. The fourth-order valence-electron chi connectivity index (χ4n) is 7.16. The van der Waals surface area contributed by atoms with Gasteiger partial charge < -0.3 is 33.6 Å². The number of aromatic nitrogens is 1. The van der Waals surface area contributed by atoms with Gasteiger partial charge in [-0.25, -0.2) is 4.98 Å². The van der Waals surface area contributed by atoms with Crippen LogP contribution in [0.3, 0.4) is 0 Å². The third kappa shape index (κ3) is 7.73. The molecule has 2 fully saturated rings. The fourth-order valence-corrected chi connectivity index (χ4v) is 7.76. The maximum absolute atomic E-state index is 15.1. The van der Waals surface area contributed by atoms with Crippen LogP contribution in [0.5, 0.6) is 17.4 Å². The topological polar surface area (TPSA) is 93.7 Å². The maximum Gasteiger partial charge on any atom is 0.269 e. The number of hydrogen-bond acceptors (Lipinski definition) is 9. The number of methoxy groups -OCH3 is 1. The van der Waals surface area contributed by atoms with Crippen LogP contribution in [0.4, 0.5) is 5.69 Å². The molecule has 262 valence electrons. The van der Waals surface area contributed by atoms with Crippen molar-refractivity contribution in [3.05, 3.63) is 76.1 Å². The minimum absolute atomic E-state index is 0.0692. The number of benzene rings is 1. The number of hydrogen-bond donors (Lipinski definition) is 0. The number of carbonyl (C=O) groups is 2. The van der Waals surface area contributed by atoms with Gasteiger partial charge in [-0.3, -0.25) is 9.59 Å². The average molecular weight is 689 g/mol. The molecule has 6 rings (SSSR count). The molecule has 11 heteroatoms. The maximum atomic E-state index is 15.1. The quantitative estimate of drug-likeness (QED) is 0.208. The van der Waals surface area contributed by atoms with Crippen LogP contribution in [0.15, 0.2) is 60.1 Å². The van der Waals surface area contributed by atoms with E-state index in [0.717, 1.165) is 41.1 Å². The lowest BCUT2D eigenvalue weighted by Crippen LogP contribution is -2.69. The van der Waals surface area contributed by atoms with E-state index in [2.05, 4.69) is 28.1 Å². The molecule has 10 nitrogen and oxygen atoms in total. The second-order valence-corrected chi connectivity index (χ2v) is 14.1. The Balaban J connectivity index is 1.33. The molecular formula is C38H48N4O6S. The van der Waals surface area contributed by atoms with Gasteiger partial charge in [0.1, 0.15) is 23.7 Å². The van der Waals surface area contributed by atoms with Crippen LogP contribution in [0.25, 0.3) is 0 Å². The minimum atomic E-state index is -1.27. The number of thiophene rings is 1. The molecular weight excluding hydrogens is 641 g/mol. The smallest absolute Gasteiger partial charge is 0.269 e. The Morgan fingerprint density at radius 1 is 1.04 bits per heavy atom. The molecule has 0 unspecified atom stereocenters. The molecule has 0 spiro atoms. The van der Waals surface area contributed by atoms with Gasteiger partial charge in [-0.15, -0.1) is 11.3 Å². The van der Waals surface area contributed by atoms with Gasteiger partial charge in [0.15, 0.2) is 0 Å². The predicted octanol–water partition coefficient (Wildman–Crippen LogP) is 6.07. The van der Waals surface area contributed by atoms with Gasteiger partial charge in [0, 0.05) is 62.7 Å². The summed E-state index contributed by atoms with van der Waals surface area (Å²) in [5.41, 5.74) is 1.00. The molecule has 1 aromatic carbocycles. The van der Waals surface area contributed by atoms with E-state index in [-0.39, 0.29) is 11.8 Å². The summed E-state index contributed by atoms with van der Waals surface area (Å²) >= 11 is 1.59. The van der Waals surface area contributed by atoms with Crippen molar-refractivity contribution in [2.45, 2.75) is 64.0 Å². The highest BCUT2D eigenvalue weighted by atomic mass is 32.1. The van der Waals surface area contributed by atoms with Crippen LogP contribution in [-0.2, 0) is 9.53 Å². The molecule has 5 heterocycles. The van der Waals surface area contributed by atoms with Gasteiger partial charge in [0.05, 0.1) is 24.9 Å². The minimum Gasteiger partial charge on any atom is -0.489 e. The highest BCUT2D eigenvalue weighted by molar-refractivity contribution is 7.10. The highest BCUT2D eigenvalue weighted by Crippen LogP contribution is 2.40. The Hall–Kier alpha value is -4.09. The second-order valence-electron chi connectivity index (χ2n) is 13.0. The molecule has 3 aromatic rings. The van der Waals surface area contributed by atoms with Crippen LogP contribution in [-0.4, -0.2) is 97.9 Å². The number of pyridine rings is 1. The molecule has 2 saturated heterocycles. The van der Waals surface area contributed by atoms with E-state index in [1.165, 1.54) is 0 Å². The molecule has 0 aliphatic carbocycles. The highest BCUT2D eigenvalue weighted by Gasteiger charge is 2.55. The Labute approximate surface area is 293 Å². The van der Waals surface area contributed by atoms with Crippen LogP contribution in [0, 0.1) is 13.8 Å². The number of para-hydroxylation sites is 2. The van der Waals surface area contributed by atoms with Crippen molar-refractivity contribution in [2.24, 2.45) is 0 Å². The molecule has 3 aliphatic rings. The Bertz CT molecular complexity index is 1620. The summed E-state index contributed by atoms with van der Waals surface area (Å²) in [6.45, 7) is 8.27. The first-order chi connectivity index (χ1) is 23.9. The van der Waals surface area contributed by atoms with Crippen molar-refractivity contribution in [1.29, 1.82) is 0 Å². The lowest BCUT2D eigenvalue weighted by Gasteiger charge is -2.50. The van der Waals surface area contributed by atoms with Crippen molar-refractivity contribution in [3.63, 3.8) is 0 Å². The zero-order valence-electron chi connectivity index (χ0n) is 28.9. The fraction of sp³-hybridized carbons (Fsp3) is 0.500. The van der Waals surface area contributed by atoms with Crippen LogP contribution < -0.4 is 19.1 Å². The number of anilines is 1. The molecule has 0 radical (unpaired) electrons. The number of allylic oxidation sites excluding steroid dienone is 1. The van der Waals surface area contributed by atoms with Crippen molar-refractivity contribution < 1.29 is 28.5 Å². The SMILES string of the molecule is COCCOc1ccccc1N1CCN(C(=O)[C@]2(Oc3csc(C)c3)CCCN3C(=O)c4c(C)ccnc4OCCCC/C=C/C[C@@H]32)CC1. The number of ether oxygens (including phenoxy) is 4. The molecule has 49 heavy (non-hydrogen) atoms. The first kappa shape index (κ1) is 34.8. The van der Waals surface area contributed by atoms with E-state index in [1.54, 1.807) is 24.6 Å². The standard InChI is InChI=1S/C38H48N4O6S/c1-28-15-17-39-35-34(28)36(43)42-18-11-16-38(48-30-26-29(2)49-27-30,33(42)14-7-5-4-6-10-23-47-35)37(44)41-21-19-40(20-22-41)31-12-8-9-13-32(31)46-25-24-45-3/h5,7-9,12-13,15,17,26-27,33H,4,6,10-11,14,16,18-25H2,1-3H3/b7-5+/t33-,38+/m1/s1. The number of aryl methyl sites for hydroxylation is 2. The summed E-state index contributed by atoms with van der Waals surface area (Å²) in [6.07, 6.45) is 10.3. The molecule has 0 saturated carbocycles. The van der Waals surface area contributed by atoms with Crippen LogP contribution in [0.1, 0.15) is 59.3 Å². The predicted molar refractivity (Wildman–Crippen MR) is 191 cm³/mol. The summed E-state index contributed by atoms with van der Waals surface area (Å²) in [5.74, 6) is 1.59. The van der Waals surface area contributed by atoms with Crippen molar-refractivity contribution in [2.75, 3.05) is 64.6 Å². The molecule has 3 aliphatic heterocycles. The van der Waals surface area contributed by atoms with Gasteiger partial charge in [0.2, 0.25) is 11.5 Å². The number of carbonyl (C=O) groups excluding carboxylic acids is 2. The first-order valence-electron chi connectivity index (χ1n) is 17.4. The number of piperidine rings is 1. The summed E-state index contributed by atoms with van der Waals surface area (Å²) in [4.78, 5) is 41.4. The van der Waals surface area contributed by atoms with E-state index in [1.807, 2.05) is 59.4 Å². The van der Waals surface area contributed by atoms with Crippen LogP contribution in [0.2, 0.25) is 0 Å². The molecule has 2 atom stereocenters. The first-order valence-corrected chi connectivity index (χ1v) is 18.3. The zero-order valence-corrected chi connectivity index (χ0v) is 29.7. The molecule has 2 amide bonds. The summed E-state index contributed by atoms with van der Waals surface area (Å²) < 4.78 is 24.3. The lowest BCUT2D eigenvalue weighted by molar-refractivity contribution is -0.158. The summed E-state index contributed by atoms with van der Waals surface area (Å²) in [6, 6.07) is 11.3. The summed E-state index contributed by atoms with van der Waals surface area (Å²) in [7, 11) is 1.66. The van der Waals surface area contributed by atoms with Gasteiger partial charge in [-0.1, -0.05) is 24.3 Å². The van der Waals surface area contributed by atoms with E-state index in [9.17, 15) is 4.79 Å². The number of fused-ring (bicyclic) bond motifs is 2. The average Bonchev–Trinajstić information content (AvgIpc) is 3.53. The summed E-state index contributed by atoms with van der Waals surface area (Å²) in [5, 5.41) is 1.97. The number of piperazine rings is 1. The molecule has 2 aromatic heterocycles. The van der Waals surface area contributed by atoms with Crippen LogP contribution >= 0.6 is 11.3 Å². The normalized spacial score (nSPS) is 22.5. The molecule has 0 bridgehead atoms. The Kier molecular flexibility index (Phi) is 11.4.